The van der Waals surface area contributed by atoms with E-state index in [0.717, 1.165) is 29.8 Å². The number of nitrogens with zero attached hydrogens (tertiary/aromatic N) is 3. The van der Waals surface area contributed by atoms with Crippen molar-refractivity contribution in [3.8, 4) is 11.4 Å². The third kappa shape index (κ3) is 6.40. The average molecular weight is 422 g/mol. The van der Waals surface area contributed by atoms with Gasteiger partial charge in [0.05, 0.1) is 24.9 Å². The van der Waals surface area contributed by atoms with Gasteiger partial charge >= 0.3 is 0 Å². The molecule has 3 aromatic rings. The maximum atomic E-state index is 12.3. The van der Waals surface area contributed by atoms with Crippen LogP contribution in [0.15, 0.2) is 61.2 Å². The van der Waals surface area contributed by atoms with Crippen LogP contribution in [-0.2, 0) is 4.79 Å². The third-order valence-electron chi connectivity index (χ3n) is 4.75. The largest absolute Gasteiger partial charge is 0.494 e. The predicted octanol–water partition coefficient (Wildman–Crippen LogP) is 3.05. The lowest BCUT2D eigenvalue weighted by Gasteiger charge is -2.15. The van der Waals surface area contributed by atoms with Crippen LogP contribution in [0.2, 0.25) is 0 Å². The Labute approximate surface area is 181 Å². The van der Waals surface area contributed by atoms with E-state index >= 15 is 0 Å². The first-order valence-corrected chi connectivity index (χ1v) is 10.3. The Hall–Kier alpha value is -3.68. The lowest BCUT2D eigenvalue weighted by molar-refractivity contribution is -0.120. The van der Waals surface area contributed by atoms with E-state index in [2.05, 4.69) is 27.6 Å². The number of nitrogens with one attached hydrogen (secondary N) is 2. The van der Waals surface area contributed by atoms with Gasteiger partial charge in [0, 0.05) is 5.56 Å². The molecule has 0 saturated heterocycles. The number of carbonyl (C=O) groups excluding carboxylic acids is 2. The fraction of sp³-hybridized carbons (Fsp3) is 0.304. The van der Waals surface area contributed by atoms with Gasteiger partial charge in [0.1, 0.15) is 18.4 Å². The summed E-state index contributed by atoms with van der Waals surface area (Å²) in [5, 5.41) is 9.62. The van der Waals surface area contributed by atoms with Crippen molar-refractivity contribution in [2.45, 2.75) is 32.7 Å². The summed E-state index contributed by atoms with van der Waals surface area (Å²) >= 11 is 0. The van der Waals surface area contributed by atoms with Crippen LogP contribution >= 0.6 is 0 Å². The third-order valence-corrected chi connectivity index (χ3v) is 4.75. The van der Waals surface area contributed by atoms with Crippen LogP contribution in [0.25, 0.3) is 5.69 Å². The first-order chi connectivity index (χ1) is 15.1. The van der Waals surface area contributed by atoms with Crippen LogP contribution in [-0.4, -0.2) is 39.7 Å². The monoisotopic (exact) mass is 421 g/mol. The van der Waals surface area contributed by atoms with Gasteiger partial charge in [-0.1, -0.05) is 25.5 Å². The quantitative estimate of drug-likeness (QED) is 0.490. The highest BCUT2D eigenvalue weighted by atomic mass is 16.5. The Morgan fingerprint density at radius 2 is 1.84 bits per heavy atom. The lowest BCUT2D eigenvalue weighted by Crippen LogP contribution is -2.38. The summed E-state index contributed by atoms with van der Waals surface area (Å²) in [5.41, 5.74) is 2.31. The van der Waals surface area contributed by atoms with Crippen molar-refractivity contribution >= 4 is 11.8 Å². The molecule has 162 valence electrons. The van der Waals surface area contributed by atoms with E-state index in [1.165, 1.54) is 6.33 Å². The predicted molar refractivity (Wildman–Crippen MR) is 117 cm³/mol. The normalized spacial score (nSPS) is 11.5. The van der Waals surface area contributed by atoms with Crippen LogP contribution in [0.4, 0.5) is 0 Å². The molecule has 0 aliphatic rings. The van der Waals surface area contributed by atoms with Gasteiger partial charge in [0.15, 0.2) is 0 Å². The van der Waals surface area contributed by atoms with Crippen LogP contribution in [0, 0.1) is 0 Å². The summed E-state index contributed by atoms with van der Waals surface area (Å²) in [6, 6.07) is 14.4. The highest BCUT2D eigenvalue weighted by Crippen LogP contribution is 2.15. The van der Waals surface area contributed by atoms with Crippen LogP contribution in [0.3, 0.4) is 0 Å². The molecule has 2 amide bonds. The fourth-order valence-electron chi connectivity index (χ4n) is 2.93. The molecule has 0 spiro atoms. The minimum Gasteiger partial charge on any atom is -0.494 e. The smallest absolute Gasteiger partial charge is 0.251 e. The number of amides is 2. The standard InChI is InChI=1S/C23H27N5O3/c1-3-4-13-31-21-11-7-19(8-12-21)23(30)25-14-22(29)27-17(2)18-5-9-20(10-6-18)28-16-24-15-26-28/h5-12,15-17H,3-4,13-14H2,1-2H3,(H,25,30)(H,27,29). The molecule has 1 atom stereocenters. The molecule has 8 nitrogen and oxygen atoms in total. The highest BCUT2D eigenvalue weighted by molar-refractivity contribution is 5.96. The molecule has 1 unspecified atom stereocenters. The zero-order chi connectivity index (χ0) is 22.1. The molecule has 1 aromatic heterocycles. The summed E-state index contributed by atoms with van der Waals surface area (Å²) in [6.07, 6.45) is 5.15. The van der Waals surface area contributed by atoms with Gasteiger partial charge in [-0.25, -0.2) is 9.67 Å². The number of ether oxygens (including phenoxy) is 1. The molecule has 0 saturated carbocycles. The molecule has 2 N–H and O–H groups in total. The SMILES string of the molecule is CCCCOc1ccc(C(=O)NCC(=O)NC(C)c2ccc(-n3cncn3)cc2)cc1. The van der Waals surface area contributed by atoms with Crippen LogP contribution in [0.1, 0.15) is 48.7 Å². The number of hydrogen-bond acceptors (Lipinski definition) is 5. The molecule has 8 heteroatoms. The second-order valence-electron chi connectivity index (χ2n) is 7.13. The minimum absolute atomic E-state index is 0.102. The molecular weight excluding hydrogens is 394 g/mol. The van der Waals surface area contributed by atoms with Crippen LogP contribution < -0.4 is 15.4 Å². The Balaban J connectivity index is 1.45. The van der Waals surface area contributed by atoms with Gasteiger partial charge in [-0.2, -0.15) is 5.10 Å². The molecule has 0 bridgehead atoms. The summed E-state index contributed by atoms with van der Waals surface area (Å²) in [4.78, 5) is 28.5. The Morgan fingerprint density at radius 3 is 2.48 bits per heavy atom. The summed E-state index contributed by atoms with van der Waals surface area (Å²) in [5.74, 6) is 0.159. The average Bonchev–Trinajstić information content (AvgIpc) is 3.33. The molecule has 0 fully saturated rings. The zero-order valence-electron chi connectivity index (χ0n) is 17.7. The molecule has 31 heavy (non-hydrogen) atoms. The molecular formula is C23H27N5O3. The van der Waals surface area contributed by atoms with Crippen molar-refractivity contribution in [2.75, 3.05) is 13.2 Å². The van der Waals surface area contributed by atoms with E-state index in [-0.39, 0.29) is 24.4 Å². The van der Waals surface area contributed by atoms with E-state index in [9.17, 15) is 9.59 Å². The molecule has 0 aliphatic heterocycles. The van der Waals surface area contributed by atoms with Crippen molar-refractivity contribution in [2.24, 2.45) is 0 Å². The summed E-state index contributed by atoms with van der Waals surface area (Å²) < 4.78 is 7.25. The molecule has 2 aromatic carbocycles. The first-order valence-electron chi connectivity index (χ1n) is 10.3. The van der Waals surface area contributed by atoms with Crippen molar-refractivity contribution in [3.63, 3.8) is 0 Å². The van der Waals surface area contributed by atoms with Crippen LogP contribution in [0.5, 0.6) is 5.75 Å². The topological polar surface area (TPSA) is 98.1 Å². The Morgan fingerprint density at radius 1 is 1.10 bits per heavy atom. The van der Waals surface area contributed by atoms with Gasteiger partial charge in [-0.15, -0.1) is 0 Å². The number of rotatable bonds is 10. The van der Waals surface area contributed by atoms with Gasteiger partial charge in [-0.05, 0) is 55.3 Å². The summed E-state index contributed by atoms with van der Waals surface area (Å²) in [7, 11) is 0. The zero-order valence-corrected chi connectivity index (χ0v) is 17.7. The van der Waals surface area contributed by atoms with Gasteiger partial charge < -0.3 is 15.4 Å². The molecule has 1 heterocycles. The van der Waals surface area contributed by atoms with E-state index in [4.69, 9.17) is 4.74 Å². The second kappa shape index (κ2) is 10.9. The van der Waals surface area contributed by atoms with Crippen molar-refractivity contribution in [3.05, 3.63) is 72.3 Å². The van der Waals surface area contributed by atoms with Crippen molar-refractivity contribution < 1.29 is 14.3 Å². The molecule has 3 rings (SSSR count). The van der Waals surface area contributed by atoms with E-state index in [1.807, 2.05) is 31.2 Å². The molecule has 0 aliphatic carbocycles. The first kappa shape index (κ1) is 22.0. The van der Waals surface area contributed by atoms with Gasteiger partial charge in [0.25, 0.3) is 5.91 Å². The number of carbonyl (C=O) groups is 2. The Kier molecular flexibility index (Phi) is 7.75. The number of hydrogen-bond donors (Lipinski definition) is 2. The van der Waals surface area contributed by atoms with E-state index in [1.54, 1.807) is 35.3 Å². The van der Waals surface area contributed by atoms with Gasteiger partial charge in [0.2, 0.25) is 5.91 Å². The van der Waals surface area contributed by atoms with Crippen molar-refractivity contribution in [1.82, 2.24) is 25.4 Å². The molecule has 0 radical (unpaired) electrons. The minimum atomic E-state index is -0.305. The number of aromatic nitrogens is 3. The van der Waals surface area contributed by atoms with Gasteiger partial charge in [-0.3, -0.25) is 9.59 Å². The van der Waals surface area contributed by atoms with E-state index in [0.29, 0.717) is 12.2 Å². The van der Waals surface area contributed by atoms with Crippen molar-refractivity contribution in [1.29, 1.82) is 0 Å². The fourth-order valence-corrected chi connectivity index (χ4v) is 2.93. The lowest BCUT2D eigenvalue weighted by atomic mass is 10.1. The maximum absolute atomic E-state index is 12.3. The maximum Gasteiger partial charge on any atom is 0.251 e. The number of benzene rings is 2. The second-order valence-corrected chi connectivity index (χ2v) is 7.13. The Bertz CT molecular complexity index is 969. The number of unbranched alkanes of at least 4 members (excludes halogenated alkanes) is 1. The highest BCUT2D eigenvalue weighted by Gasteiger charge is 2.12. The van der Waals surface area contributed by atoms with E-state index < -0.39 is 0 Å². The summed E-state index contributed by atoms with van der Waals surface area (Å²) in [6.45, 7) is 4.55.